The number of hydrogen-bond acceptors (Lipinski definition) is 3. The Morgan fingerprint density at radius 2 is 2.00 bits per heavy atom. The normalized spacial score (nSPS) is 24.6. The molecule has 1 heterocycles. The van der Waals surface area contributed by atoms with Gasteiger partial charge in [-0.25, -0.2) is 4.98 Å². The summed E-state index contributed by atoms with van der Waals surface area (Å²) in [5, 5.41) is 4.03. The molecule has 3 nitrogen and oxygen atoms in total. The zero-order chi connectivity index (χ0) is 12.3. The molecule has 0 atom stereocenters. The van der Waals surface area contributed by atoms with Crippen molar-refractivity contribution in [1.29, 1.82) is 0 Å². The molecule has 0 bridgehead atoms. The summed E-state index contributed by atoms with van der Waals surface area (Å²) in [6.45, 7) is 3.24. The summed E-state index contributed by atoms with van der Waals surface area (Å²) >= 11 is 11.7. The van der Waals surface area contributed by atoms with Crippen molar-refractivity contribution in [3.63, 3.8) is 0 Å². The molecular formula is C12H17Cl2N3. The average molecular weight is 274 g/mol. The molecule has 0 unspecified atom stereocenters. The summed E-state index contributed by atoms with van der Waals surface area (Å²) in [6.07, 6.45) is 6.74. The van der Waals surface area contributed by atoms with Crippen LogP contribution in [0.4, 0.5) is 5.82 Å². The zero-order valence-electron chi connectivity index (χ0n) is 9.92. The molecule has 0 radical (unpaired) electrons. The van der Waals surface area contributed by atoms with Crippen LogP contribution in [0, 0.1) is 11.8 Å². The lowest BCUT2D eigenvalue weighted by molar-refractivity contribution is 0.300. The van der Waals surface area contributed by atoms with E-state index in [-0.39, 0.29) is 5.28 Å². The Bertz CT molecular complexity index is 376. The Hall–Kier alpha value is -0.540. The Labute approximate surface area is 112 Å². The highest BCUT2D eigenvalue weighted by Gasteiger charge is 2.18. The van der Waals surface area contributed by atoms with Crippen LogP contribution in [0.1, 0.15) is 32.6 Å². The summed E-state index contributed by atoms with van der Waals surface area (Å²) in [5.74, 6) is 2.24. The largest absolute Gasteiger partial charge is 0.368 e. The molecule has 1 N–H and O–H groups in total. The second-order valence-electron chi connectivity index (χ2n) is 4.84. The third-order valence-corrected chi connectivity index (χ3v) is 3.87. The van der Waals surface area contributed by atoms with E-state index >= 15 is 0 Å². The molecule has 1 aromatic heterocycles. The first-order chi connectivity index (χ1) is 8.15. The SMILES string of the molecule is CC1CCC(CNc2nc(Cl)ncc2Cl)CC1. The number of aromatic nitrogens is 2. The zero-order valence-corrected chi connectivity index (χ0v) is 11.4. The molecule has 1 aromatic rings. The number of hydrogen-bond donors (Lipinski definition) is 1. The number of nitrogens with zero attached hydrogens (tertiary/aromatic N) is 2. The maximum absolute atomic E-state index is 5.99. The molecule has 17 heavy (non-hydrogen) atoms. The van der Waals surface area contributed by atoms with E-state index in [1.807, 2.05) is 0 Å². The van der Waals surface area contributed by atoms with E-state index in [4.69, 9.17) is 23.2 Å². The van der Waals surface area contributed by atoms with Crippen LogP contribution in [0.3, 0.4) is 0 Å². The van der Waals surface area contributed by atoms with E-state index in [1.165, 1.54) is 31.9 Å². The summed E-state index contributed by atoms with van der Waals surface area (Å²) in [4.78, 5) is 7.91. The lowest BCUT2D eigenvalue weighted by Crippen LogP contribution is -2.20. The second kappa shape index (κ2) is 5.87. The topological polar surface area (TPSA) is 37.8 Å². The van der Waals surface area contributed by atoms with Crippen molar-refractivity contribution in [2.45, 2.75) is 32.6 Å². The highest BCUT2D eigenvalue weighted by atomic mass is 35.5. The van der Waals surface area contributed by atoms with Crippen molar-refractivity contribution in [1.82, 2.24) is 9.97 Å². The minimum atomic E-state index is 0.231. The van der Waals surface area contributed by atoms with E-state index in [2.05, 4.69) is 22.2 Å². The van der Waals surface area contributed by atoms with Crippen molar-refractivity contribution >= 4 is 29.0 Å². The third-order valence-electron chi connectivity index (χ3n) is 3.41. The van der Waals surface area contributed by atoms with E-state index in [0.717, 1.165) is 18.4 Å². The van der Waals surface area contributed by atoms with Gasteiger partial charge in [0.1, 0.15) is 10.8 Å². The summed E-state index contributed by atoms with van der Waals surface area (Å²) < 4.78 is 0. The number of anilines is 1. The van der Waals surface area contributed by atoms with Gasteiger partial charge in [0.2, 0.25) is 5.28 Å². The number of rotatable bonds is 3. The summed E-state index contributed by atoms with van der Waals surface area (Å²) in [7, 11) is 0. The van der Waals surface area contributed by atoms with Gasteiger partial charge in [0, 0.05) is 6.54 Å². The van der Waals surface area contributed by atoms with Crippen molar-refractivity contribution in [3.05, 3.63) is 16.5 Å². The summed E-state index contributed by atoms with van der Waals surface area (Å²) in [6, 6.07) is 0. The van der Waals surface area contributed by atoms with Gasteiger partial charge in [-0.2, -0.15) is 4.98 Å². The Morgan fingerprint density at radius 3 is 2.71 bits per heavy atom. The van der Waals surface area contributed by atoms with Crippen LogP contribution >= 0.6 is 23.2 Å². The third kappa shape index (κ3) is 3.71. The van der Waals surface area contributed by atoms with E-state index < -0.39 is 0 Å². The van der Waals surface area contributed by atoms with Gasteiger partial charge >= 0.3 is 0 Å². The lowest BCUT2D eigenvalue weighted by atomic mass is 9.83. The molecule has 0 aromatic carbocycles. The molecule has 1 aliphatic rings. The first-order valence-electron chi connectivity index (χ1n) is 6.07. The molecule has 0 amide bonds. The fourth-order valence-electron chi connectivity index (χ4n) is 2.24. The quantitative estimate of drug-likeness (QED) is 0.846. The predicted molar refractivity (Wildman–Crippen MR) is 71.7 cm³/mol. The van der Waals surface area contributed by atoms with Gasteiger partial charge in [0.25, 0.3) is 0 Å². The first kappa shape index (κ1) is 12.9. The maximum Gasteiger partial charge on any atom is 0.224 e. The van der Waals surface area contributed by atoms with Gasteiger partial charge < -0.3 is 5.32 Å². The van der Waals surface area contributed by atoms with Crippen LogP contribution in [0.5, 0.6) is 0 Å². The number of halogens is 2. The molecule has 0 saturated heterocycles. The molecule has 5 heteroatoms. The Balaban J connectivity index is 1.87. The minimum absolute atomic E-state index is 0.231. The van der Waals surface area contributed by atoms with Gasteiger partial charge in [-0.1, -0.05) is 31.4 Å². The van der Waals surface area contributed by atoms with Crippen LogP contribution in [-0.4, -0.2) is 16.5 Å². The van der Waals surface area contributed by atoms with Gasteiger partial charge in [-0.3, -0.25) is 0 Å². The van der Waals surface area contributed by atoms with Crippen LogP contribution in [0.2, 0.25) is 10.3 Å². The lowest BCUT2D eigenvalue weighted by Gasteiger charge is -2.26. The predicted octanol–water partition coefficient (Wildman–Crippen LogP) is 4.02. The van der Waals surface area contributed by atoms with E-state index in [1.54, 1.807) is 0 Å². The first-order valence-corrected chi connectivity index (χ1v) is 6.82. The smallest absolute Gasteiger partial charge is 0.224 e. The summed E-state index contributed by atoms with van der Waals surface area (Å²) in [5.41, 5.74) is 0. The molecule has 1 saturated carbocycles. The van der Waals surface area contributed by atoms with Crippen molar-refractivity contribution in [2.24, 2.45) is 11.8 Å². The van der Waals surface area contributed by atoms with Crippen molar-refractivity contribution in [3.8, 4) is 0 Å². The highest BCUT2D eigenvalue weighted by molar-refractivity contribution is 6.33. The Morgan fingerprint density at radius 1 is 1.29 bits per heavy atom. The standard InChI is InChI=1S/C12H17Cl2N3/c1-8-2-4-9(5-3-8)6-15-11-10(13)7-16-12(14)17-11/h7-9H,2-6H2,1H3,(H,15,16,17). The van der Waals surface area contributed by atoms with E-state index in [9.17, 15) is 0 Å². The van der Waals surface area contributed by atoms with Crippen molar-refractivity contribution < 1.29 is 0 Å². The molecule has 2 rings (SSSR count). The second-order valence-corrected chi connectivity index (χ2v) is 5.59. The minimum Gasteiger partial charge on any atom is -0.368 e. The van der Waals surface area contributed by atoms with Gasteiger partial charge in [0.15, 0.2) is 0 Å². The van der Waals surface area contributed by atoms with Crippen LogP contribution < -0.4 is 5.32 Å². The number of nitrogens with one attached hydrogen (secondary N) is 1. The molecule has 0 aliphatic heterocycles. The van der Waals surface area contributed by atoms with Crippen molar-refractivity contribution in [2.75, 3.05) is 11.9 Å². The molecule has 0 spiro atoms. The Kier molecular flexibility index (Phi) is 4.46. The fraction of sp³-hybridized carbons (Fsp3) is 0.667. The maximum atomic E-state index is 5.99. The highest BCUT2D eigenvalue weighted by Crippen LogP contribution is 2.29. The monoisotopic (exact) mass is 273 g/mol. The molecule has 1 aliphatic carbocycles. The van der Waals surface area contributed by atoms with Gasteiger partial charge in [-0.15, -0.1) is 0 Å². The van der Waals surface area contributed by atoms with Gasteiger partial charge in [0.05, 0.1) is 6.20 Å². The van der Waals surface area contributed by atoms with E-state index in [0.29, 0.717) is 10.8 Å². The van der Waals surface area contributed by atoms with Crippen LogP contribution in [-0.2, 0) is 0 Å². The molecule has 1 fully saturated rings. The average Bonchev–Trinajstić information content (AvgIpc) is 2.32. The molecule has 94 valence electrons. The molecular weight excluding hydrogens is 257 g/mol. The fourth-order valence-corrected chi connectivity index (χ4v) is 2.54. The van der Waals surface area contributed by atoms with Gasteiger partial charge in [-0.05, 0) is 36.3 Å². The van der Waals surface area contributed by atoms with Crippen LogP contribution in [0.25, 0.3) is 0 Å². The van der Waals surface area contributed by atoms with Crippen LogP contribution in [0.15, 0.2) is 6.20 Å².